The van der Waals surface area contributed by atoms with E-state index in [9.17, 15) is 4.79 Å². The molecule has 1 aliphatic rings. The zero-order valence-corrected chi connectivity index (χ0v) is 11.2. The molecule has 0 spiro atoms. The molecule has 1 atom stereocenters. The molecule has 0 aromatic rings. The van der Waals surface area contributed by atoms with Gasteiger partial charge in [-0.05, 0) is 37.5 Å². The molecule has 0 saturated heterocycles. The van der Waals surface area contributed by atoms with E-state index in [1.807, 2.05) is 0 Å². The van der Waals surface area contributed by atoms with Crippen molar-refractivity contribution in [3.8, 4) is 0 Å². The van der Waals surface area contributed by atoms with Gasteiger partial charge in [0.25, 0.3) is 0 Å². The van der Waals surface area contributed by atoms with Gasteiger partial charge >= 0.3 is 0 Å². The van der Waals surface area contributed by atoms with Crippen LogP contribution in [0, 0.1) is 11.8 Å². The first-order chi connectivity index (χ1) is 8.15. The highest BCUT2D eigenvalue weighted by molar-refractivity contribution is 5.76. The van der Waals surface area contributed by atoms with Gasteiger partial charge in [-0.2, -0.15) is 0 Å². The molecule has 0 aliphatic heterocycles. The summed E-state index contributed by atoms with van der Waals surface area (Å²) in [5.74, 6) is 1.16. The van der Waals surface area contributed by atoms with Crippen LogP contribution in [0.5, 0.6) is 0 Å². The Kier molecular flexibility index (Phi) is 6.56. The fourth-order valence-corrected chi connectivity index (χ4v) is 2.69. The average Bonchev–Trinajstić information content (AvgIpc) is 2.30. The van der Waals surface area contributed by atoms with Crippen LogP contribution in [0.2, 0.25) is 0 Å². The van der Waals surface area contributed by atoms with E-state index in [0.29, 0.717) is 30.9 Å². The number of aliphatic hydroxyl groups excluding tert-OH is 1. The molecule has 0 bridgehead atoms. The fraction of sp³-hybridized carbons (Fsp3) is 0.929. The van der Waals surface area contributed by atoms with Gasteiger partial charge in [-0.1, -0.05) is 26.7 Å². The number of aliphatic hydroxyl groups is 1. The van der Waals surface area contributed by atoms with E-state index in [-0.39, 0.29) is 5.91 Å². The standard InChI is InChI=1S/C14H27NO2/c1-3-4-11(2)9-14(17)15-13-7-5-12(10-16)6-8-13/h11-13,16H,3-10H2,1-2H3,(H,15,17). The summed E-state index contributed by atoms with van der Waals surface area (Å²) in [6, 6.07) is 0.346. The van der Waals surface area contributed by atoms with E-state index in [4.69, 9.17) is 5.11 Å². The summed E-state index contributed by atoms with van der Waals surface area (Å²) < 4.78 is 0. The lowest BCUT2D eigenvalue weighted by atomic mass is 9.86. The molecule has 1 aliphatic carbocycles. The quantitative estimate of drug-likeness (QED) is 0.750. The first-order valence-corrected chi connectivity index (χ1v) is 7.05. The second kappa shape index (κ2) is 7.70. The Labute approximate surface area is 105 Å². The van der Waals surface area contributed by atoms with Crippen LogP contribution in [0.15, 0.2) is 0 Å². The van der Waals surface area contributed by atoms with E-state index < -0.39 is 0 Å². The highest BCUT2D eigenvalue weighted by atomic mass is 16.3. The Morgan fingerprint density at radius 2 is 2.00 bits per heavy atom. The topological polar surface area (TPSA) is 49.3 Å². The maximum atomic E-state index is 11.8. The van der Waals surface area contributed by atoms with Crippen molar-refractivity contribution in [1.29, 1.82) is 0 Å². The minimum Gasteiger partial charge on any atom is -0.396 e. The lowest BCUT2D eigenvalue weighted by molar-refractivity contribution is -0.122. The van der Waals surface area contributed by atoms with Crippen LogP contribution in [-0.2, 0) is 4.79 Å². The summed E-state index contributed by atoms with van der Waals surface area (Å²) >= 11 is 0. The van der Waals surface area contributed by atoms with Crippen molar-refractivity contribution in [2.75, 3.05) is 6.61 Å². The van der Waals surface area contributed by atoms with Gasteiger partial charge in [-0.25, -0.2) is 0 Å². The van der Waals surface area contributed by atoms with Crippen molar-refractivity contribution in [2.45, 2.75) is 64.8 Å². The first-order valence-electron chi connectivity index (χ1n) is 7.05. The summed E-state index contributed by atoms with van der Waals surface area (Å²) in [5.41, 5.74) is 0. The molecule has 1 fully saturated rings. The predicted octanol–water partition coefficient (Wildman–Crippen LogP) is 2.48. The molecule has 0 aromatic heterocycles. The van der Waals surface area contributed by atoms with Crippen LogP contribution in [0.3, 0.4) is 0 Å². The monoisotopic (exact) mass is 241 g/mol. The van der Waals surface area contributed by atoms with Gasteiger partial charge in [-0.3, -0.25) is 4.79 Å². The van der Waals surface area contributed by atoms with Crippen molar-refractivity contribution in [2.24, 2.45) is 11.8 Å². The number of hydrogen-bond acceptors (Lipinski definition) is 2. The minimum atomic E-state index is 0.207. The molecule has 100 valence electrons. The van der Waals surface area contributed by atoms with Gasteiger partial charge < -0.3 is 10.4 Å². The van der Waals surface area contributed by atoms with Crippen molar-refractivity contribution in [3.05, 3.63) is 0 Å². The Morgan fingerprint density at radius 1 is 1.35 bits per heavy atom. The summed E-state index contributed by atoms with van der Waals surface area (Å²) in [6.07, 6.45) is 7.09. The third kappa shape index (κ3) is 5.53. The number of amides is 1. The number of rotatable bonds is 6. The van der Waals surface area contributed by atoms with Crippen LogP contribution in [0.1, 0.15) is 58.8 Å². The molecule has 0 radical (unpaired) electrons. The Bertz CT molecular complexity index is 222. The fourth-order valence-electron chi connectivity index (χ4n) is 2.69. The third-order valence-electron chi connectivity index (χ3n) is 3.79. The van der Waals surface area contributed by atoms with Crippen LogP contribution < -0.4 is 5.32 Å². The summed E-state index contributed by atoms with van der Waals surface area (Å²) in [7, 11) is 0. The molecule has 3 nitrogen and oxygen atoms in total. The summed E-state index contributed by atoms with van der Waals surface area (Å²) in [4.78, 5) is 11.8. The molecule has 1 rings (SSSR count). The van der Waals surface area contributed by atoms with Crippen LogP contribution >= 0.6 is 0 Å². The van der Waals surface area contributed by atoms with Crippen LogP contribution in [0.4, 0.5) is 0 Å². The smallest absolute Gasteiger partial charge is 0.220 e. The zero-order valence-electron chi connectivity index (χ0n) is 11.2. The zero-order chi connectivity index (χ0) is 12.7. The predicted molar refractivity (Wildman–Crippen MR) is 69.7 cm³/mol. The van der Waals surface area contributed by atoms with Crippen LogP contribution in [-0.4, -0.2) is 23.7 Å². The number of hydrogen-bond donors (Lipinski definition) is 2. The molecule has 2 N–H and O–H groups in total. The molecular formula is C14H27NO2. The van der Waals surface area contributed by atoms with E-state index in [0.717, 1.165) is 38.5 Å². The van der Waals surface area contributed by atoms with E-state index >= 15 is 0 Å². The van der Waals surface area contributed by atoms with Gasteiger partial charge in [0.1, 0.15) is 0 Å². The minimum absolute atomic E-state index is 0.207. The van der Waals surface area contributed by atoms with Crippen molar-refractivity contribution in [3.63, 3.8) is 0 Å². The van der Waals surface area contributed by atoms with Gasteiger partial charge in [0.2, 0.25) is 5.91 Å². The SMILES string of the molecule is CCCC(C)CC(=O)NC1CCC(CO)CC1. The Balaban J connectivity index is 2.19. The lowest BCUT2D eigenvalue weighted by Crippen LogP contribution is -2.38. The second-order valence-electron chi connectivity index (χ2n) is 5.57. The lowest BCUT2D eigenvalue weighted by Gasteiger charge is -2.28. The van der Waals surface area contributed by atoms with E-state index in [2.05, 4.69) is 19.2 Å². The highest BCUT2D eigenvalue weighted by Gasteiger charge is 2.22. The Morgan fingerprint density at radius 3 is 2.53 bits per heavy atom. The summed E-state index contributed by atoms with van der Waals surface area (Å²) in [5, 5.41) is 12.2. The normalized spacial score (nSPS) is 26.5. The maximum Gasteiger partial charge on any atom is 0.220 e. The van der Waals surface area contributed by atoms with Crippen molar-refractivity contribution < 1.29 is 9.90 Å². The number of carbonyl (C=O) groups is 1. The van der Waals surface area contributed by atoms with Gasteiger partial charge in [0.05, 0.1) is 0 Å². The number of nitrogens with one attached hydrogen (secondary N) is 1. The molecule has 1 unspecified atom stereocenters. The van der Waals surface area contributed by atoms with Gasteiger partial charge in [0.15, 0.2) is 0 Å². The van der Waals surface area contributed by atoms with Crippen molar-refractivity contribution in [1.82, 2.24) is 5.32 Å². The van der Waals surface area contributed by atoms with Gasteiger partial charge in [0, 0.05) is 19.1 Å². The van der Waals surface area contributed by atoms with E-state index in [1.165, 1.54) is 0 Å². The highest BCUT2D eigenvalue weighted by Crippen LogP contribution is 2.23. The third-order valence-corrected chi connectivity index (χ3v) is 3.79. The summed E-state index contributed by atoms with van der Waals surface area (Å²) in [6.45, 7) is 4.60. The second-order valence-corrected chi connectivity index (χ2v) is 5.57. The molecule has 1 amide bonds. The van der Waals surface area contributed by atoms with E-state index in [1.54, 1.807) is 0 Å². The largest absolute Gasteiger partial charge is 0.396 e. The molecule has 0 heterocycles. The van der Waals surface area contributed by atoms with Crippen LogP contribution in [0.25, 0.3) is 0 Å². The molecule has 1 saturated carbocycles. The molecule has 3 heteroatoms. The first kappa shape index (κ1) is 14.5. The maximum absolute atomic E-state index is 11.8. The molecule has 0 aromatic carbocycles. The molecule has 17 heavy (non-hydrogen) atoms. The molecular weight excluding hydrogens is 214 g/mol. The average molecular weight is 241 g/mol. The Hall–Kier alpha value is -0.570. The van der Waals surface area contributed by atoms with Crippen molar-refractivity contribution >= 4 is 5.91 Å². The van der Waals surface area contributed by atoms with Gasteiger partial charge in [-0.15, -0.1) is 0 Å². The number of carbonyl (C=O) groups excluding carboxylic acids is 1.